The van der Waals surface area contributed by atoms with Crippen molar-refractivity contribution >= 4 is 34.6 Å². The summed E-state index contributed by atoms with van der Waals surface area (Å²) in [4.78, 5) is 55.4. The summed E-state index contributed by atoms with van der Waals surface area (Å²) in [5.74, 6) is -2.91. The molecule has 7 N–H and O–H groups in total. The van der Waals surface area contributed by atoms with Crippen LogP contribution in [0.25, 0.3) is 10.9 Å². The first-order chi connectivity index (χ1) is 20.2. The summed E-state index contributed by atoms with van der Waals surface area (Å²) in [7, 11) is 0. The molecular formula is C31H39N5O6. The number of nitrogens with one attached hydrogen (secondary N) is 5. The Kier molecular flexibility index (Phi) is 10.2. The Morgan fingerprint density at radius 2 is 1.69 bits per heavy atom. The van der Waals surface area contributed by atoms with Gasteiger partial charge in [0.2, 0.25) is 17.7 Å². The molecule has 0 radical (unpaired) electrons. The highest BCUT2D eigenvalue weighted by Gasteiger charge is 2.34. The van der Waals surface area contributed by atoms with Crippen LogP contribution in [0.3, 0.4) is 0 Å². The summed E-state index contributed by atoms with van der Waals surface area (Å²) in [6.45, 7) is 4.39. The van der Waals surface area contributed by atoms with E-state index in [9.17, 15) is 29.4 Å². The number of carbonyl (C=O) groups excluding carboxylic acids is 3. The second kappa shape index (κ2) is 14.0. The van der Waals surface area contributed by atoms with Gasteiger partial charge in [0.05, 0.1) is 6.04 Å². The van der Waals surface area contributed by atoms with Crippen molar-refractivity contribution in [3.8, 4) is 5.75 Å². The number of carbonyl (C=O) groups is 4. The van der Waals surface area contributed by atoms with E-state index in [4.69, 9.17) is 0 Å². The standard InChI is InChI=1S/C31H39N5O6/c1-3-18(2)27(30(40)35-26(31(41)42)16-20-17-33-23-8-5-4-7-22(20)23)36-29(39)25(15-19-10-12-21(37)13-11-19)34-28(38)24-9-6-14-32-24/h4-5,7-8,10-13,17-18,24-27,32-33,37H,3,6,9,14-16H2,1-2H3,(H,34,38)(H,35,40)(H,36,39)(H,41,42). The summed E-state index contributed by atoms with van der Waals surface area (Å²) in [5.41, 5.74) is 2.32. The monoisotopic (exact) mass is 577 g/mol. The Hall–Kier alpha value is -4.38. The first kappa shape index (κ1) is 30.6. The number of phenols is 1. The van der Waals surface area contributed by atoms with Gasteiger partial charge in [-0.15, -0.1) is 0 Å². The van der Waals surface area contributed by atoms with E-state index < -0.39 is 42.0 Å². The summed E-state index contributed by atoms with van der Waals surface area (Å²) in [6, 6.07) is 10.2. The van der Waals surface area contributed by atoms with Crippen LogP contribution in [-0.4, -0.2) is 69.6 Å². The molecule has 1 aromatic heterocycles. The number of amides is 3. The number of rotatable bonds is 13. The number of phenolic OH excluding ortho intramolecular Hbond substituents is 1. The summed E-state index contributed by atoms with van der Waals surface area (Å²) in [5, 5.41) is 31.8. The number of H-pyrrole nitrogens is 1. The van der Waals surface area contributed by atoms with Gasteiger partial charge in [0, 0.05) is 29.9 Å². The molecule has 0 aliphatic carbocycles. The quantitative estimate of drug-likeness (QED) is 0.163. The minimum atomic E-state index is -1.22. The van der Waals surface area contributed by atoms with Crippen LogP contribution in [0.15, 0.2) is 54.7 Å². The van der Waals surface area contributed by atoms with Crippen LogP contribution in [0.2, 0.25) is 0 Å². The molecule has 0 spiro atoms. The molecule has 0 bridgehead atoms. The van der Waals surface area contributed by atoms with Crippen LogP contribution in [0.5, 0.6) is 5.75 Å². The Morgan fingerprint density at radius 3 is 2.36 bits per heavy atom. The minimum absolute atomic E-state index is 0.0557. The number of carboxylic acid groups (broad SMARTS) is 1. The van der Waals surface area contributed by atoms with E-state index in [0.717, 1.165) is 22.9 Å². The average molecular weight is 578 g/mol. The van der Waals surface area contributed by atoms with Crippen molar-refractivity contribution in [3.63, 3.8) is 0 Å². The maximum Gasteiger partial charge on any atom is 0.326 e. The van der Waals surface area contributed by atoms with E-state index in [-0.39, 0.29) is 30.4 Å². The maximum absolute atomic E-state index is 13.6. The fraction of sp³-hybridized carbons (Fsp3) is 0.419. The van der Waals surface area contributed by atoms with Gasteiger partial charge in [0.25, 0.3) is 0 Å². The third-order valence-electron chi connectivity index (χ3n) is 7.89. The molecule has 1 saturated heterocycles. The van der Waals surface area contributed by atoms with Gasteiger partial charge in [-0.3, -0.25) is 14.4 Å². The maximum atomic E-state index is 13.6. The Balaban J connectivity index is 1.50. The molecule has 1 fully saturated rings. The van der Waals surface area contributed by atoms with Crippen molar-refractivity contribution in [1.82, 2.24) is 26.3 Å². The van der Waals surface area contributed by atoms with Gasteiger partial charge in [-0.25, -0.2) is 4.79 Å². The molecule has 11 nitrogen and oxygen atoms in total. The molecular weight excluding hydrogens is 538 g/mol. The molecule has 0 saturated carbocycles. The van der Waals surface area contributed by atoms with Crippen LogP contribution in [0.1, 0.15) is 44.2 Å². The van der Waals surface area contributed by atoms with Gasteiger partial charge >= 0.3 is 5.97 Å². The molecule has 5 atom stereocenters. The summed E-state index contributed by atoms with van der Waals surface area (Å²) in [6.07, 6.45) is 3.98. The van der Waals surface area contributed by atoms with E-state index >= 15 is 0 Å². The van der Waals surface area contributed by atoms with Crippen molar-refractivity contribution < 1.29 is 29.4 Å². The van der Waals surface area contributed by atoms with Gasteiger partial charge in [-0.1, -0.05) is 50.6 Å². The molecule has 1 aliphatic rings. The molecule has 3 amide bonds. The lowest BCUT2D eigenvalue weighted by atomic mass is 9.96. The number of aliphatic carboxylic acids is 1. The number of hydrogen-bond donors (Lipinski definition) is 7. The molecule has 224 valence electrons. The highest BCUT2D eigenvalue weighted by Crippen LogP contribution is 2.20. The molecule has 3 aromatic rings. The normalized spacial score (nSPS) is 17.6. The van der Waals surface area contributed by atoms with E-state index in [2.05, 4.69) is 26.3 Å². The zero-order valence-corrected chi connectivity index (χ0v) is 23.9. The smallest absolute Gasteiger partial charge is 0.326 e. The summed E-state index contributed by atoms with van der Waals surface area (Å²) >= 11 is 0. The van der Waals surface area contributed by atoms with Crippen molar-refractivity contribution in [2.24, 2.45) is 5.92 Å². The first-order valence-electron chi connectivity index (χ1n) is 14.4. The third-order valence-corrected chi connectivity index (χ3v) is 7.89. The zero-order chi connectivity index (χ0) is 30.2. The number of aromatic hydroxyl groups is 1. The largest absolute Gasteiger partial charge is 0.508 e. The lowest BCUT2D eigenvalue weighted by Gasteiger charge is -2.28. The van der Waals surface area contributed by atoms with Crippen molar-refractivity contribution in [1.29, 1.82) is 0 Å². The number of aromatic nitrogens is 1. The zero-order valence-electron chi connectivity index (χ0n) is 23.9. The number of aromatic amines is 1. The van der Waals surface area contributed by atoms with Crippen molar-refractivity contribution in [3.05, 3.63) is 65.9 Å². The highest BCUT2D eigenvalue weighted by molar-refractivity contribution is 5.94. The van der Waals surface area contributed by atoms with E-state index in [1.807, 2.05) is 31.2 Å². The lowest BCUT2D eigenvalue weighted by molar-refractivity contribution is -0.142. The average Bonchev–Trinajstić information content (AvgIpc) is 3.66. The molecule has 4 rings (SSSR count). The fourth-order valence-corrected chi connectivity index (χ4v) is 5.20. The number of para-hydroxylation sites is 1. The van der Waals surface area contributed by atoms with Gasteiger partial charge in [0.1, 0.15) is 23.9 Å². The van der Waals surface area contributed by atoms with Gasteiger partial charge < -0.3 is 36.5 Å². The third kappa shape index (κ3) is 7.67. The predicted molar refractivity (Wildman–Crippen MR) is 158 cm³/mol. The van der Waals surface area contributed by atoms with Crippen LogP contribution >= 0.6 is 0 Å². The Labute approximate surface area is 244 Å². The molecule has 2 aromatic carbocycles. The molecule has 1 aliphatic heterocycles. The predicted octanol–water partition coefficient (Wildman–Crippen LogP) is 2.00. The molecule has 2 heterocycles. The van der Waals surface area contributed by atoms with Crippen LogP contribution in [0, 0.1) is 5.92 Å². The minimum Gasteiger partial charge on any atom is -0.508 e. The Morgan fingerprint density at radius 1 is 0.952 bits per heavy atom. The van der Waals surface area contributed by atoms with Crippen LogP contribution in [0.4, 0.5) is 0 Å². The van der Waals surface area contributed by atoms with Crippen molar-refractivity contribution in [2.45, 2.75) is 70.1 Å². The van der Waals surface area contributed by atoms with Crippen LogP contribution < -0.4 is 21.3 Å². The van der Waals surface area contributed by atoms with Gasteiger partial charge in [0.15, 0.2) is 0 Å². The van der Waals surface area contributed by atoms with E-state index in [1.165, 1.54) is 12.1 Å². The van der Waals surface area contributed by atoms with Gasteiger partial charge in [-0.2, -0.15) is 0 Å². The summed E-state index contributed by atoms with van der Waals surface area (Å²) < 4.78 is 0. The van der Waals surface area contributed by atoms with Crippen LogP contribution in [-0.2, 0) is 32.0 Å². The lowest BCUT2D eigenvalue weighted by Crippen LogP contribution is -2.59. The first-order valence-corrected chi connectivity index (χ1v) is 14.4. The molecule has 5 unspecified atom stereocenters. The Bertz CT molecular complexity index is 1400. The molecule has 42 heavy (non-hydrogen) atoms. The topological polar surface area (TPSA) is 173 Å². The number of hydrogen-bond acceptors (Lipinski definition) is 6. The van der Waals surface area contributed by atoms with Crippen molar-refractivity contribution in [2.75, 3.05) is 6.54 Å². The highest BCUT2D eigenvalue weighted by atomic mass is 16.4. The van der Waals surface area contributed by atoms with E-state index in [0.29, 0.717) is 24.9 Å². The fourth-order valence-electron chi connectivity index (χ4n) is 5.20. The SMILES string of the molecule is CCC(C)C(NC(=O)C(Cc1ccc(O)cc1)NC(=O)C1CCCN1)C(=O)NC(Cc1c[nH]c2ccccc12)C(=O)O. The second-order valence-electron chi connectivity index (χ2n) is 10.9. The number of carboxylic acids is 1. The second-order valence-corrected chi connectivity index (χ2v) is 10.9. The van der Waals surface area contributed by atoms with Gasteiger partial charge in [-0.05, 0) is 54.6 Å². The number of fused-ring (bicyclic) bond motifs is 1. The molecule has 11 heteroatoms. The van der Waals surface area contributed by atoms with E-state index in [1.54, 1.807) is 25.3 Å². The number of benzene rings is 2.